The highest BCUT2D eigenvalue weighted by Crippen LogP contribution is 2.24. The molecule has 1 aromatic heterocycles. The minimum Gasteiger partial charge on any atom is -0.338 e. The molecule has 4 heteroatoms. The molecule has 0 aliphatic carbocycles. The van der Waals surface area contributed by atoms with Crippen LogP contribution in [0.5, 0.6) is 0 Å². The molecule has 1 fully saturated rings. The van der Waals surface area contributed by atoms with Gasteiger partial charge in [-0.25, -0.2) is 0 Å². The van der Waals surface area contributed by atoms with Gasteiger partial charge in [0.25, 0.3) is 5.91 Å². The Morgan fingerprint density at radius 3 is 2.71 bits per heavy atom. The molecule has 1 aliphatic heterocycles. The molecule has 0 bridgehead atoms. The van der Waals surface area contributed by atoms with Crippen LogP contribution in [0.3, 0.4) is 0 Å². The Balaban J connectivity index is 2.08. The first-order valence-corrected chi connectivity index (χ1v) is 7.07. The fourth-order valence-electron chi connectivity index (χ4n) is 2.23. The van der Waals surface area contributed by atoms with E-state index in [-0.39, 0.29) is 11.9 Å². The average molecular weight is 252 g/mol. The first kappa shape index (κ1) is 12.6. The lowest BCUT2D eigenvalue weighted by atomic mass is 10.1. The number of piperidine rings is 1. The van der Waals surface area contributed by atoms with Crippen molar-refractivity contribution in [3.05, 3.63) is 21.4 Å². The molecule has 1 saturated heterocycles. The fraction of sp³-hybridized carbons (Fsp3) is 0.615. The van der Waals surface area contributed by atoms with Crippen LogP contribution < -0.4 is 5.73 Å². The Kier molecular flexibility index (Phi) is 3.84. The summed E-state index contributed by atoms with van der Waals surface area (Å²) in [5, 5.41) is 0. The van der Waals surface area contributed by atoms with E-state index in [1.807, 2.05) is 11.0 Å². The lowest BCUT2D eigenvalue weighted by Gasteiger charge is -2.29. The minimum atomic E-state index is 0.185. The summed E-state index contributed by atoms with van der Waals surface area (Å²) in [7, 11) is 0. The number of carbonyl (C=O) groups excluding carboxylic acids is 1. The molecule has 1 amide bonds. The van der Waals surface area contributed by atoms with Crippen molar-refractivity contribution >= 4 is 17.2 Å². The molecule has 1 aromatic rings. The highest BCUT2D eigenvalue weighted by molar-refractivity contribution is 7.14. The first-order chi connectivity index (χ1) is 8.11. The standard InChI is InChI=1S/C13H20N2OS/c1-3-11-9(2)8-12(17-11)13(16)15-6-4-10(14)5-7-15/h8,10H,3-7,14H2,1-2H3. The Morgan fingerprint density at radius 1 is 1.53 bits per heavy atom. The Labute approximate surface area is 107 Å². The molecule has 0 atom stereocenters. The van der Waals surface area contributed by atoms with Crippen molar-refractivity contribution in [1.29, 1.82) is 0 Å². The molecule has 1 aliphatic rings. The van der Waals surface area contributed by atoms with Crippen molar-refractivity contribution in [2.45, 2.75) is 39.2 Å². The molecular formula is C13H20N2OS. The van der Waals surface area contributed by atoms with Crippen LogP contribution in [0.25, 0.3) is 0 Å². The van der Waals surface area contributed by atoms with Crippen molar-refractivity contribution in [3.8, 4) is 0 Å². The zero-order valence-corrected chi connectivity index (χ0v) is 11.3. The van der Waals surface area contributed by atoms with Gasteiger partial charge in [0.05, 0.1) is 4.88 Å². The topological polar surface area (TPSA) is 46.3 Å². The maximum Gasteiger partial charge on any atom is 0.263 e. The van der Waals surface area contributed by atoms with E-state index < -0.39 is 0 Å². The summed E-state index contributed by atoms with van der Waals surface area (Å²) in [6.07, 6.45) is 2.86. The van der Waals surface area contributed by atoms with E-state index in [1.165, 1.54) is 10.4 Å². The molecule has 0 aromatic carbocycles. The molecule has 2 rings (SSSR count). The van der Waals surface area contributed by atoms with Crippen molar-refractivity contribution in [2.75, 3.05) is 13.1 Å². The molecule has 2 N–H and O–H groups in total. The number of hydrogen-bond acceptors (Lipinski definition) is 3. The maximum atomic E-state index is 12.3. The third-order valence-electron chi connectivity index (χ3n) is 3.38. The van der Waals surface area contributed by atoms with Gasteiger partial charge < -0.3 is 10.6 Å². The number of amides is 1. The summed E-state index contributed by atoms with van der Waals surface area (Å²) < 4.78 is 0. The van der Waals surface area contributed by atoms with E-state index in [0.717, 1.165) is 37.2 Å². The average Bonchev–Trinajstić information content (AvgIpc) is 2.70. The number of hydrogen-bond donors (Lipinski definition) is 1. The summed E-state index contributed by atoms with van der Waals surface area (Å²) >= 11 is 1.64. The number of nitrogens with two attached hydrogens (primary N) is 1. The second-order valence-corrected chi connectivity index (χ2v) is 5.84. The summed E-state index contributed by atoms with van der Waals surface area (Å²) in [4.78, 5) is 16.4. The summed E-state index contributed by atoms with van der Waals surface area (Å²) in [6.45, 7) is 5.82. The monoisotopic (exact) mass is 252 g/mol. The largest absolute Gasteiger partial charge is 0.338 e. The number of thiophene rings is 1. The smallest absolute Gasteiger partial charge is 0.263 e. The SMILES string of the molecule is CCc1sc(C(=O)N2CCC(N)CC2)cc1C. The van der Waals surface area contributed by atoms with Gasteiger partial charge in [0.2, 0.25) is 0 Å². The van der Waals surface area contributed by atoms with Crippen molar-refractivity contribution in [2.24, 2.45) is 5.73 Å². The Morgan fingerprint density at radius 2 is 2.18 bits per heavy atom. The minimum absolute atomic E-state index is 0.185. The van der Waals surface area contributed by atoms with Crippen LogP contribution >= 0.6 is 11.3 Å². The van der Waals surface area contributed by atoms with E-state index >= 15 is 0 Å². The quantitative estimate of drug-likeness (QED) is 0.877. The number of rotatable bonds is 2. The third kappa shape index (κ3) is 2.69. The highest BCUT2D eigenvalue weighted by Gasteiger charge is 2.23. The predicted molar refractivity (Wildman–Crippen MR) is 71.5 cm³/mol. The van der Waals surface area contributed by atoms with Crippen molar-refractivity contribution in [3.63, 3.8) is 0 Å². The van der Waals surface area contributed by atoms with Crippen molar-refractivity contribution < 1.29 is 4.79 Å². The zero-order valence-electron chi connectivity index (χ0n) is 10.5. The number of nitrogens with zero attached hydrogens (tertiary/aromatic N) is 1. The second-order valence-electron chi connectivity index (χ2n) is 4.70. The lowest BCUT2D eigenvalue weighted by molar-refractivity contribution is 0.0719. The zero-order chi connectivity index (χ0) is 12.4. The Hall–Kier alpha value is -0.870. The third-order valence-corrected chi connectivity index (χ3v) is 4.75. The maximum absolute atomic E-state index is 12.3. The van der Waals surface area contributed by atoms with E-state index in [9.17, 15) is 4.79 Å². The lowest BCUT2D eigenvalue weighted by Crippen LogP contribution is -2.42. The van der Waals surface area contributed by atoms with Crippen LogP contribution in [0.2, 0.25) is 0 Å². The van der Waals surface area contributed by atoms with Gasteiger partial charge in [0, 0.05) is 24.0 Å². The molecular weight excluding hydrogens is 232 g/mol. The number of likely N-dealkylation sites (tertiary alicyclic amines) is 1. The Bertz CT molecular complexity index is 406. The van der Waals surface area contributed by atoms with Gasteiger partial charge in [-0.05, 0) is 37.8 Å². The van der Waals surface area contributed by atoms with Crippen LogP contribution in [0.4, 0.5) is 0 Å². The van der Waals surface area contributed by atoms with E-state index in [2.05, 4.69) is 13.8 Å². The van der Waals surface area contributed by atoms with Crippen LogP contribution in [0, 0.1) is 6.92 Å². The highest BCUT2D eigenvalue weighted by atomic mass is 32.1. The molecule has 3 nitrogen and oxygen atoms in total. The summed E-state index contributed by atoms with van der Waals surface area (Å²) in [5.74, 6) is 0.185. The van der Waals surface area contributed by atoms with E-state index in [1.54, 1.807) is 11.3 Å². The van der Waals surface area contributed by atoms with Gasteiger partial charge in [-0.3, -0.25) is 4.79 Å². The van der Waals surface area contributed by atoms with Gasteiger partial charge in [0.15, 0.2) is 0 Å². The van der Waals surface area contributed by atoms with E-state index in [4.69, 9.17) is 5.73 Å². The van der Waals surface area contributed by atoms with Crippen molar-refractivity contribution in [1.82, 2.24) is 4.90 Å². The molecule has 2 heterocycles. The van der Waals surface area contributed by atoms with Gasteiger partial charge in [-0.2, -0.15) is 0 Å². The molecule has 0 spiro atoms. The molecule has 17 heavy (non-hydrogen) atoms. The fourth-order valence-corrected chi connectivity index (χ4v) is 3.32. The number of aryl methyl sites for hydroxylation is 2. The summed E-state index contributed by atoms with van der Waals surface area (Å²) in [5.41, 5.74) is 7.10. The van der Waals surface area contributed by atoms with Gasteiger partial charge in [-0.15, -0.1) is 11.3 Å². The summed E-state index contributed by atoms with van der Waals surface area (Å²) in [6, 6.07) is 2.30. The van der Waals surface area contributed by atoms with E-state index in [0.29, 0.717) is 0 Å². The molecule has 0 unspecified atom stereocenters. The van der Waals surface area contributed by atoms with Crippen LogP contribution in [-0.2, 0) is 6.42 Å². The normalized spacial score (nSPS) is 17.5. The van der Waals surface area contributed by atoms with Crippen LogP contribution in [0.1, 0.15) is 39.9 Å². The van der Waals surface area contributed by atoms with Gasteiger partial charge in [-0.1, -0.05) is 6.92 Å². The molecule has 0 radical (unpaired) electrons. The first-order valence-electron chi connectivity index (χ1n) is 6.26. The second kappa shape index (κ2) is 5.19. The predicted octanol–water partition coefficient (Wildman–Crippen LogP) is 2.18. The van der Waals surface area contributed by atoms with Gasteiger partial charge >= 0.3 is 0 Å². The van der Waals surface area contributed by atoms with Gasteiger partial charge in [0.1, 0.15) is 0 Å². The van der Waals surface area contributed by atoms with Crippen LogP contribution in [0.15, 0.2) is 6.07 Å². The number of carbonyl (C=O) groups is 1. The molecule has 94 valence electrons. The molecule has 0 saturated carbocycles. The van der Waals surface area contributed by atoms with Crippen LogP contribution in [-0.4, -0.2) is 29.9 Å².